The summed E-state index contributed by atoms with van der Waals surface area (Å²) in [7, 11) is 0. The third-order valence-electron chi connectivity index (χ3n) is 4.35. The quantitative estimate of drug-likeness (QED) is 0.905. The molecule has 0 atom stereocenters. The SMILES string of the molecule is Fc1cccc(Cl)c1CN1CCC(NCc2cccnc2)CC1. The number of piperidine rings is 1. The number of pyridine rings is 1. The second kappa shape index (κ2) is 7.86. The summed E-state index contributed by atoms with van der Waals surface area (Å²) in [5.74, 6) is -0.214. The van der Waals surface area contributed by atoms with Gasteiger partial charge in [0.2, 0.25) is 0 Å². The van der Waals surface area contributed by atoms with Crippen LogP contribution >= 0.6 is 11.6 Å². The first-order valence-corrected chi connectivity index (χ1v) is 8.37. The standard InChI is InChI=1S/C18H21ClFN3/c19-17-4-1-5-18(20)16(17)13-23-9-6-15(7-10-23)22-12-14-3-2-8-21-11-14/h1-5,8,11,15,22H,6-7,9-10,12-13H2. The number of likely N-dealkylation sites (tertiary alicyclic amines) is 1. The minimum Gasteiger partial charge on any atom is -0.310 e. The van der Waals surface area contributed by atoms with Crippen LogP contribution in [0.15, 0.2) is 42.7 Å². The van der Waals surface area contributed by atoms with E-state index in [1.807, 2.05) is 12.3 Å². The van der Waals surface area contributed by atoms with Gasteiger partial charge in [0.05, 0.1) is 0 Å². The van der Waals surface area contributed by atoms with Gasteiger partial charge in [0.1, 0.15) is 5.82 Å². The first kappa shape index (κ1) is 16.4. The zero-order chi connectivity index (χ0) is 16.1. The van der Waals surface area contributed by atoms with E-state index in [0.717, 1.165) is 32.5 Å². The highest BCUT2D eigenvalue weighted by atomic mass is 35.5. The Morgan fingerprint density at radius 2 is 2.04 bits per heavy atom. The number of rotatable bonds is 5. The molecule has 0 saturated carbocycles. The first-order valence-electron chi connectivity index (χ1n) is 8.00. The molecule has 1 aliphatic rings. The van der Waals surface area contributed by atoms with Crippen LogP contribution in [-0.4, -0.2) is 29.0 Å². The molecule has 0 bridgehead atoms. The molecule has 0 aliphatic carbocycles. The first-order chi connectivity index (χ1) is 11.2. The van der Waals surface area contributed by atoms with Gasteiger partial charge in [0, 0.05) is 42.1 Å². The normalized spacial score (nSPS) is 16.6. The molecule has 2 heterocycles. The summed E-state index contributed by atoms with van der Waals surface area (Å²) in [5.41, 5.74) is 1.81. The molecule has 3 nitrogen and oxygen atoms in total. The van der Waals surface area contributed by atoms with Crippen LogP contribution in [0.5, 0.6) is 0 Å². The second-order valence-electron chi connectivity index (χ2n) is 5.99. The fourth-order valence-electron chi connectivity index (χ4n) is 2.97. The van der Waals surface area contributed by atoms with E-state index in [1.54, 1.807) is 18.3 Å². The molecule has 1 aliphatic heterocycles. The summed E-state index contributed by atoms with van der Waals surface area (Å²) < 4.78 is 13.9. The van der Waals surface area contributed by atoms with E-state index >= 15 is 0 Å². The van der Waals surface area contributed by atoms with E-state index in [1.165, 1.54) is 11.6 Å². The monoisotopic (exact) mass is 333 g/mol. The molecule has 5 heteroatoms. The molecule has 1 N–H and O–H groups in total. The lowest BCUT2D eigenvalue weighted by Gasteiger charge is -2.32. The van der Waals surface area contributed by atoms with Gasteiger partial charge in [-0.05, 0) is 49.7 Å². The van der Waals surface area contributed by atoms with Crippen LogP contribution in [0.2, 0.25) is 5.02 Å². The predicted octanol–water partition coefficient (Wildman–Crippen LogP) is 3.63. The van der Waals surface area contributed by atoms with Crippen molar-refractivity contribution in [2.45, 2.75) is 32.0 Å². The largest absolute Gasteiger partial charge is 0.310 e. The van der Waals surface area contributed by atoms with Crippen molar-refractivity contribution in [3.05, 3.63) is 64.7 Å². The molecule has 122 valence electrons. The molecule has 0 radical (unpaired) electrons. The maximum absolute atomic E-state index is 13.9. The highest BCUT2D eigenvalue weighted by molar-refractivity contribution is 6.31. The van der Waals surface area contributed by atoms with E-state index < -0.39 is 0 Å². The summed E-state index contributed by atoms with van der Waals surface area (Å²) in [6.45, 7) is 3.34. The molecule has 1 aromatic heterocycles. The van der Waals surface area contributed by atoms with Crippen molar-refractivity contribution in [1.29, 1.82) is 0 Å². The Hall–Kier alpha value is -1.49. The zero-order valence-corrected chi connectivity index (χ0v) is 13.8. The summed E-state index contributed by atoms with van der Waals surface area (Å²) >= 11 is 6.11. The third-order valence-corrected chi connectivity index (χ3v) is 4.70. The second-order valence-corrected chi connectivity index (χ2v) is 6.40. The van der Waals surface area contributed by atoms with Crippen molar-refractivity contribution in [3.63, 3.8) is 0 Å². The summed E-state index contributed by atoms with van der Waals surface area (Å²) in [4.78, 5) is 6.40. The number of hydrogen-bond acceptors (Lipinski definition) is 3. The van der Waals surface area contributed by atoms with E-state index in [2.05, 4.69) is 21.3 Å². The van der Waals surface area contributed by atoms with Crippen molar-refractivity contribution < 1.29 is 4.39 Å². The fraction of sp³-hybridized carbons (Fsp3) is 0.389. The lowest BCUT2D eigenvalue weighted by Crippen LogP contribution is -2.42. The van der Waals surface area contributed by atoms with Crippen LogP contribution in [0.25, 0.3) is 0 Å². The van der Waals surface area contributed by atoms with Crippen molar-refractivity contribution in [1.82, 2.24) is 15.2 Å². The minimum absolute atomic E-state index is 0.214. The topological polar surface area (TPSA) is 28.2 Å². The van der Waals surface area contributed by atoms with Gasteiger partial charge in [-0.25, -0.2) is 4.39 Å². The number of nitrogens with zero attached hydrogens (tertiary/aromatic N) is 2. The lowest BCUT2D eigenvalue weighted by atomic mass is 10.0. The number of nitrogens with one attached hydrogen (secondary N) is 1. The third kappa shape index (κ3) is 4.50. The molecular formula is C18H21ClFN3. The van der Waals surface area contributed by atoms with Gasteiger partial charge < -0.3 is 5.32 Å². The molecule has 1 fully saturated rings. The van der Waals surface area contributed by atoms with E-state index in [0.29, 0.717) is 23.2 Å². The average Bonchev–Trinajstić information content (AvgIpc) is 2.58. The van der Waals surface area contributed by atoms with E-state index in [9.17, 15) is 4.39 Å². The molecule has 3 rings (SSSR count). The predicted molar refractivity (Wildman–Crippen MR) is 90.8 cm³/mol. The van der Waals surface area contributed by atoms with Crippen LogP contribution in [0, 0.1) is 5.82 Å². The maximum Gasteiger partial charge on any atom is 0.129 e. The highest BCUT2D eigenvalue weighted by Gasteiger charge is 2.20. The zero-order valence-electron chi connectivity index (χ0n) is 13.0. The summed E-state index contributed by atoms with van der Waals surface area (Å²) in [6, 6.07) is 9.41. The number of benzene rings is 1. The molecule has 1 saturated heterocycles. The van der Waals surface area contributed by atoms with Crippen LogP contribution in [0.1, 0.15) is 24.0 Å². The van der Waals surface area contributed by atoms with Gasteiger partial charge in [-0.1, -0.05) is 23.7 Å². The van der Waals surface area contributed by atoms with Crippen LogP contribution in [0.3, 0.4) is 0 Å². The van der Waals surface area contributed by atoms with Crippen molar-refractivity contribution >= 4 is 11.6 Å². The average molecular weight is 334 g/mol. The molecule has 0 amide bonds. The minimum atomic E-state index is -0.214. The smallest absolute Gasteiger partial charge is 0.129 e. The van der Waals surface area contributed by atoms with Crippen molar-refractivity contribution in [2.24, 2.45) is 0 Å². The van der Waals surface area contributed by atoms with E-state index in [-0.39, 0.29) is 5.82 Å². The van der Waals surface area contributed by atoms with Crippen molar-refractivity contribution in [2.75, 3.05) is 13.1 Å². The Labute approximate surface area is 141 Å². The Morgan fingerprint density at radius 3 is 2.74 bits per heavy atom. The van der Waals surface area contributed by atoms with Gasteiger partial charge in [-0.2, -0.15) is 0 Å². The molecule has 1 aromatic carbocycles. The molecule has 0 spiro atoms. The van der Waals surface area contributed by atoms with Crippen LogP contribution < -0.4 is 5.32 Å². The summed E-state index contributed by atoms with van der Waals surface area (Å²) in [6.07, 6.45) is 5.80. The lowest BCUT2D eigenvalue weighted by molar-refractivity contribution is 0.188. The molecule has 23 heavy (non-hydrogen) atoms. The van der Waals surface area contributed by atoms with E-state index in [4.69, 9.17) is 11.6 Å². The van der Waals surface area contributed by atoms with Crippen molar-refractivity contribution in [3.8, 4) is 0 Å². The van der Waals surface area contributed by atoms with Crippen LogP contribution in [-0.2, 0) is 13.1 Å². The Bertz CT molecular complexity index is 607. The molecular weight excluding hydrogens is 313 g/mol. The Balaban J connectivity index is 1.47. The number of aromatic nitrogens is 1. The number of halogens is 2. The maximum atomic E-state index is 13.9. The molecule has 2 aromatic rings. The van der Waals surface area contributed by atoms with Crippen LogP contribution in [0.4, 0.5) is 4.39 Å². The summed E-state index contributed by atoms with van der Waals surface area (Å²) in [5, 5.41) is 4.09. The van der Waals surface area contributed by atoms with Gasteiger partial charge >= 0.3 is 0 Å². The Kier molecular flexibility index (Phi) is 5.60. The Morgan fingerprint density at radius 1 is 1.22 bits per heavy atom. The number of hydrogen-bond donors (Lipinski definition) is 1. The van der Waals surface area contributed by atoms with Gasteiger partial charge in [-0.15, -0.1) is 0 Å². The van der Waals surface area contributed by atoms with Gasteiger partial charge in [0.15, 0.2) is 0 Å². The fourth-order valence-corrected chi connectivity index (χ4v) is 3.19. The molecule has 0 unspecified atom stereocenters. The van der Waals surface area contributed by atoms with Gasteiger partial charge in [0.25, 0.3) is 0 Å². The highest BCUT2D eigenvalue weighted by Crippen LogP contribution is 2.22. The van der Waals surface area contributed by atoms with Gasteiger partial charge in [-0.3, -0.25) is 9.88 Å².